The lowest BCUT2D eigenvalue weighted by molar-refractivity contribution is 0.0670. The number of hydrogen-bond acceptors (Lipinski definition) is 4. The Morgan fingerprint density at radius 2 is 2.29 bits per heavy atom. The van der Waals surface area contributed by atoms with E-state index in [0.29, 0.717) is 25.3 Å². The molecule has 2 heterocycles. The Labute approximate surface area is 129 Å². The van der Waals surface area contributed by atoms with Gasteiger partial charge in [-0.3, -0.25) is 4.79 Å². The number of sulfonamides is 1. The monoisotopic (exact) mass is 331 g/mol. The van der Waals surface area contributed by atoms with Gasteiger partial charge in [0.15, 0.2) is 0 Å². The molecule has 1 fully saturated rings. The van der Waals surface area contributed by atoms with Crippen LogP contribution >= 0.6 is 11.6 Å². The number of rotatable bonds is 4. The molecule has 0 radical (unpaired) electrons. The van der Waals surface area contributed by atoms with Crippen LogP contribution in [-0.4, -0.2) is 50.1 Å². The molecule has 21 heavy (non-hydrogen) atoms. The van der Waals surface area contributed by atoms with Crippen LogP contribution in [0.1, 0.15) is 23.3 Å². The van der Waals surface area contributed by atoms with Crippen molar-refractivity contribution in [1.29, 1.82) is 0 Å². The summed E-state index contributed by atoms with van der Waals surface area (Å²) in [4.78, 5) is 18.1. The molecule has 2 rings (SSSR count). The van der Waals surface area contributed by atoms with Crippen LogP contribution in [0.3, 0.4) is 0 Å². The summed E-state index contributed by atoms with van der Waals surface area (Å²) in [7, 11) is -3.20. The minimum absolute atomic E-state index is 0.122. The van der Waals surface area contributed by atoms with Gasteiger partial charge in [-0.25, -0.2) is 18.1 Å². The summed E-state index contributed by atoms with van der Waals surface area (Å²) in [5.74, 6) is -0.0434. The van der Waals surface area contributed by atoms with E-state index in [4.69, 9.17) is 11.6 Å². The Bertz CT molecular complexity index is 621. The normalized spacial score (nSPS) is 19.5. The molecule has 0 saturated carbocycles. The van der Waals surface area contributed by atoms with Gasteiger partial charge in [0.05, 0.1) is 6.26 Å². The largest absolute Gasteiger partial charge is 0.337 e. The summed E-state index contributed by atoms with van der Waals surface area (Å²) in [6, 6.07) is 4.94. The summed E-state index contributed by atoms with van der Waals surface area (Å²) < 4.78 is 24.8. The number of halogens is 1. The number of likely N-dealkylation sites (tertiary alicyclic amines) is 1. The third-order valence-corrected chi connectivity index (χ3v) is 4.28. The number of pyridine rings is 1. The zero-order valence-electron chi connectivity index (χ0n) is 11.8. The molecule has 0 aliphatic carbocycles. The van der Waals surface area contributed by atoms with Crippen LogP contribution in [0.4, 0.5) is 0 Å². The van der Waals surface area contributed by atoms with Crippen LogP contribution in [0, 0.1) is 5.92 Å². The van der Waals surface area contributed by atoms with Crippen molar-refractivity contribution in [2.24, 2.45) is 5.92 Å². The van der Waals surface area contributed by atoms with Gasteiger partial charge in [-0.1, -0.05) is 17.7 Å². The predicted molar refractivity (Wildman–Crippen MR) is 80.7 cm³/mol. The van der Waals surface area contributed by atoms with Gasteiger partial charge in [0, 0.05) is 19.6 Å². The highest BCUT2D eigenvalue weighted by Gasteiger charge is 2.25. The van der Waals surface area contributed by atoms with Crippen LogP contribution in [0.5, 0.6) is 0 Å². The van der Waals surface area contributed by atoms with Crippen LogP contribution in [0.2, 0.25) is 5.15 Å². The van der Waals surface area contributed by atoms with Crippen molar-refractivity contribution in [3.63, 3.8) is 0 Å². The Balaban J connectivity index is 1.99. The first-order valence-corrected chi connectivity index (χ1v) is 8.98. The number of piperidine rings is 1. The van der Waals surface area contributed by atoms with Crippen molar-refractivity contribution < 1.29 is 13.2 Å². The topological polar surface area (TPSA) is 79.4 Å². The third-order valence-electron chi connectivity index (χ3n) is 3.37. The van der Waals surface area contributed by atoms with Crippen LogP contribution in [-0.2, 0) is 10.0 Å². The summed E-state index contributed by atoms with van der Waals surface area (Å²) in [6.45, 7) is 1.53. The van der Waals surface area contributed by atoms with Gasteiger partial charge in [-0.2, -0.15) is 0 Å². The van der Waals surface area contributed by atoms with E-state index in [1.165, 1.54) is 0 Å². The number of carbonyl (C=O) groups excluding carboxylic acids is 1. The number of amides is 1. The maximum absolute atomic E-state index is 12.4. The van der Waals surface area contributed by atoms with Gasteiger partial charge in [0.1, 0.15) is 10.8 Å². The first-order valence-electron chi connectivity index (χ1n) is 6.71. The lowest BCUT2D eigenvalue weighted by Crippen LogP contribution is -2.43. The van der Waals surface area contributed by atoms with E-state index in [2.05, 4.69) is 9.71 Å². The van der Waals surface area contributed by atoms with E-state index in [-0.39, 0.29) is 17.0 Å². The number of nitrogens with zero attached hydrogens (tertiary/aromatic N) is 2. The van der Waals surface area contributed by atoms with Crippen LogP contribution < -0.4 is 4.72 Å². The summed E-state index contributed by atoms with van der Waals surface area (Å²) in [5.41, 5.74) is 0.319. The second-order valence-electron chi connectivity index (χ2n) is 5.23. The van der Waals surface area contributed by atoms with E-state index in [1.807, 2.05) is 0 Å². The predicted octanol–water partition coefficient (Wildman–Crippen LogP) is 1.14. The van der Waals surface area contributed by atoms with Crippen molar-refractivity contribution in [1.82, 2.24) is 14.6 Å². The van der Waals surface area contributed by atoms with Gasteiger partial charge in [-0.15, -0.1) is 0 Å². The lowest BCUT2D eigenvalue weighted by Gasteiger charge is -2.32. The first kappa shape index (κ1) is 16.2. The summed E-state index contributed by atoms with van der Waals surface area (Å²) >= 11 is 5.80. The van der Waals surface area contributed by atoms with Gasteiger partial charge in [0.2, 0.25) is 10.0 Å². The second-order valence-corrected chi connectivity index (χ2v) is 7.45. The molecule has 6 nitrogen and oxygen atoms in total. The molecule has 1 atom stereocenters. The number of carbonyl (C=O) groups is 1. The third kappa shape index (κ3) is 4.94. The average molecular weight is 332 g/mol. The molecule has 0 spiro atoms. The Morgan fingerprint density at radius 1 is 1.52 bits per heavy atom. The molecule has 1 aromatic rings. The summed E-state index contributed by atoms with van der Waals surface area (Å²) in [6.07, 6.45) is 2.88. The molecule has 1 aromatic heterocycles. The molecule has 0 bridgehead atoms. The van der Waals surface area contributed by atoms with Gasteiger partial charge < -0.3 is 4.90 Å². The molecule has 1 unspecified atom stereocenters. The first-order chi connectivity index (χ1) is 9.85. The maximum atomic E-state index is 12.4. The molecule has 1 aliphatic rings. The molecule has 1 saturated heterocycles. The number of hydrogen-bond donors (Lipinski definition) is 1. The van der Waals surface area contributed by atoms with E-state index in [1.54, 1.807) is 23.1 Å². The van der Waals surface area contributed by atoms with E-state index in [9.17, 15) is 13.2 Å². The maximum Gasteiger partial charge on any atom is 0.272 e. The lowest BCUT2D eigenvalue weighted by atomic mass is 9.98. The smallest absolute Gasteiger partial charge is 0.272 e. The van der Waals surface area contributed by atoms with Crippen molar-refractivity contribution in [3.05, 3.63) is 29.0 Å². The highest BCUT2D eigenvalue weighted by atomic mass is 35.5. The molecule has 1 aliphatic heterocycles. The Kier molecular flexibility index (Phi) is 5.18. The molecular weight excluding hydrogens is 314 g/mol. The fraction of sp³-hybridized carbons (Fsp3) is 0.538. The molecule has 1 N–H and O–H groups in total. The summed E-state index contributed by atoms with van der Waals surface area (Å²) in [5, 5.41) is 0.285. The highest BCUT2D eigenvalue weighted by Crippen LogP contribution is 2.18. The van der Waals surface area contributed by atoms with Gasteiger partial charge in [-0.05, 0) is 30.9 Å². The molecule has 1 amide bonds. The zero-order valence-corrected chi connectivity index (χ0v) is 13.3. The molecule has 116 valence electrons. The zero-order chi connectivity index (χ0) is 15.5. The number of aromatic nitrogens is 1. The second kappa shape index (κ2) is 6.72. The Morgan fingerprint density at radius 3 is 2.95 bits per heavy atom. The average Bonchev–Trinajstić information content (AvgIpc) is 2.44. The van der Waals surface area contributed by atoms with Crippen LogP contribution in [0.15, 0.2) is 18.2 Å². The van der Waals surface area contributed by atoms with Crippen molar-refractivity contribution in [3.8, 4) is 0 Å². The minimum atomic E-state index is -3.20. The van der Waals surface area contributed by atoms with E-state index in [0.717, 1.165) is 19.1 Å². The molecule has 8 heteroatoms. The van der Waals surface area contributed by atoms with Gasteiger partial charge in [0.25, 0.3) is 5.91 Å². The van der Waals surface area contributed by atoms with Crippen molar-refractivity contribution in [2.45, 2.75) is 12.8 Å². The SMILES string of the molecule is CS(=O)(=O)NCC1CCCN(C(=O)c2cccc(Cl)n2)C1. The fourth-order valence-corrected chi connectivity index (χ4v) is 3.08. The molecule has 0 aromatic carbocycles. The van der Waals surface area contributed by atoms with Gasteiger partial charge >= 0.3 is 0 Å². The minimum Gasteiger partial charge on any atom is -0.337 e. The fourth-order valence-electron chi connectivity index (χ4n) is 2.37. The highest BCUT2D eigenvalue weighted by molar-refractivity contribution is 7.88. The molecular formula is C13H18ClN3O3S. The van der Waals surface area contributed by atoms with E-state index < -0.39 is 10.0 Å². The number of nitrogens with one attached hydrogen (secondary N) is 1. The quantitative estimate of drug-likeness (QED) is 0.839. The standard InChI is InChI=1S/C13H18ClN3O3S/c1-21(19,20)15-8-10-4-3-7-17(9-10)13(18)11-5-2-6-12(14)16-11/h2,5-6,10,15H,3-4,7-9H2,1H3. The van der Waals surface area contributed by atoms with E-state index >= 15 is 0 Å². The Hall–Kier alpha value is -1.18. The van der Waals surface area contributed by atoms with Crippen LogP contribution in [0.25, 0.3) is 0 Å². The van der Waals surface area contributed by atoms with Crippen molar-refractivity contribution >= 4 is 27.5 Å². The van der Waals surface area contributed by atoms with Crippen molar-refractivity contribution in [2.75, 3.05) is 25.9 Å².